The quantitative estimate of drug-likeness (QED) is 0.837. The lowest BCUT2D eigenvalue weighted by Gasteiger charge is -2.19. The number of hydrogen-bond donors (Lipinski definition) is 1. The second kappa shape index (κ2) is 6.64. The van der Waals surface area contributed by atoms with Crippen LogP contribution in [0.5, 0.6) is 5.75 Å². The molecule has 1 aliphatic rings. The smallest absolute Gasteiger partial charge is 0.121 e. The highest BCUT2D eigenvalue weighted by atomic mass is 16.5. The van der Waals surface area contributed by atoms with Gasteiger partial charge in [0.05, 0.1) is 6.61 Å². The van der Waals surface area contributed by atoms with E-state index in [-0.39, 0.29) is 0 Å². The van der Waals surface area contributed by atoms with E-state index in [2.05, 4.69) is 35.3 Å². The van der Waals surface area contributed by atoms with Crippen LogP contribution in [0.2, 0.25) is 0 Å². The lowest BCUT2D eigenvalue weighted by Crippen LogP contribution is -2.26. The Balaban J connectivity index is 1.94. The summed E-state index contributed by atoms with van der Waals surface area (Å²) in [5.41, 5.74) is 1.29. The van der Waals surface area contributed by atoms with Gasteiger partial charge in [-0.05, 0) is 44.5 Å². The van der Waals surface area contributed by atoms with E-state index >= 15 is 0 Å². The fourth-order valence-electron chi connectivity index (χ4n) is 2.52. The molecule has 0 aliphatic carbocycles. The van der Waals surface area contributed by atoms with Crippen molar-refractivity contribution in [2.45, 2.75) is 20.3 Å². The highest BCUT2D eigenvalue weighted by Gasteiger charge is 2.22. The maximum atomic E-state index is 5.56. The molecule has 1 fully saturated rings. The van der Waals surface area contributed by atoms with Crippen molar-refractivity contribution < 1.29 is 4.74 Å². The van der Waals surface area contributed by atoms with Gasteiger partial charge in [-0.2, -0.15) is 0 Å². The van der Waals surface area contributed by atoms with Crippen molar-refractivity contribution in [3.05, 3.63) is 24.3 Å². The summed E-state index contributed by atoms with van der Waals surface area (Å²) in [7, 11) is 0. The second-order valence-corrected chi connectivity index (χ2v) is 4.84. The van der Waals surface area contributed by atoms with Gasteiger partial charge in [-0.1, -0.05) is 13.0 Å². The SMILES string of the molecule is CCNCC1CCN(c2cccc(OCC)c2)C1. The van der Waals surface area contributed by atoms with Gasteiger partial charge in [0, 0.05) is 24.8 Å². The van der Waals surface area contributed by atoms with E-state index in [1.165, 1.54) is 12.1 Å². The Morgan fingerprint density at radius 3 is 3.06 bits per heavy atom. The summed E-state index contributed by atoms with van der Waals surface area (Å²) in [4.78, 5) is 2.46. The summed E-state index contributed by atoms with van der Waals surface area (Å²) in [6.45, 7) is 9.43. The minimum atomic E-state index is 0.729. The van der Waals surface area contributed by atoms with Gasteiger partial charge in [-0.25, -0.2) is 0 Å². The molecule has 1 heterocycles. The second-order valence-electron chi connectivity index (χ2n) is 4.84. The zero-order valence-electron chi connectivity index (χ0n) is 11.5. The third-order valence-corrected chi connectivity index (χ3v) is 3.46. The molecule has 100 valence electrons. The van der Waals surface area contributed by atoms with E-state index in [9.17, 15) is 0 Å². The first-order valence-electron chi connectivity index (χ1n) is 7.02. The molecule has 1 aromatic carbocycles. The molecule has 1 unspecified atom stereocenters. The zero-order chi connectivity index (χ0) is 12.8. The van der Waals surface area contributed by atoms with Crippen molar-refractivity contribution in [3.63, 3.8) is 0 Å². The van der Waals surface area contributed by atoms with Crippen LogP contribution in [-0.4, -0.2) is 32.8 Å². The number of nitrogens with zero attached hydrogens (tertiary/aromatic N) is 1. The zero-order valence-corrected chi connectivity index (χ0v) is 11.5. The van der Waals surface area contributed by atoms with Gasteiger partial charge in [-0.15, -0.1) is 0 Å². The largest absolute Gasteiger partial charge is 0.494 e. The number of nitrogens with one attached hydrogen (secondary N) is 1. The molecule has 3 nitrogen and oxygen atoms in total. The van der Waals surface area contributed by atoms with Gasteiger partial charge >= 0.3 is 0 Å². The van der Waals surface area contributed by atoms with Gasteiger partial charge in [0.2, 0.25) is 0 Å². The van der Waals surface area contributed by atoms with E-state index in [1.54, 1.807) is 0 Å². The molecule has 18 heavy (non-hydrogen) atoms. The molecule has 0 saturated carbocycles. The molecule has 0 amide bonds. The van der Waals surface area contributed by atoms with Crippen LogP contribution in [0.4, 0.5) is 5.69 Å². The van der Waals surface area contributed by atoms with E-state index in [4.69, 9.17) is 4.74 Å². The topological polar surface area (TPSA) is 24.5 Å². The Bertz CT molecular complexity index is 367. The number of benzene rings is 1. The van der Waals surface area contributed by atoms with Crippen LogP contribution in [0.15, 0.2) is 24.3 Å². The lowest BCUT2D eigenvalue weighted by molar-refractivity contribution is 0.340. The molecule has 1 aromatic rings. The third kappa shape index (κ3) is 3.39. The molecule has 1 N–H and O–H groups in total. The molecule has 0 radical (unpaired) electrons. The van der Waals surface area contributed by atoms with Crippen LogP contribution in [0, 0.1) is 5.92 Å². The summed E-state index contributed by atoms with van der Waals surface area (Å²) in [5, 5.41) is 3.44. The van der Waals surface area contributed by atoms with Gasteiger partial charge in [0.25, 0.3) is 0 Å². The van der Waals surface area contributed by atoms with Crippen LogP contribution in [-0.2, 0) is 0 Å². The average Bonchev–Trinajstić information content (AvgIpc) is 2.86. The van der Waals surface area contributed by atoms with Crippen LogP contribution >= 0.6 is 0 Å². The maximum Gasteiger partial charge on any atom is 0.121 e. The molecular formula is C15H24N2O. The van der Waals surface area contributed by atoms with Crippen molar-refractivity contribution in [2.75, 3.05) is 37.7 Å². The Morgan fingerprint density at radius 1 is 1.39 bits per heavy atom. The highest BCUT2D eigenvalue weighted by Crippen LogP contribution is 2.26. The molecule has 3 heteroatoms. The van der Waals surface area contributed by atoms with Gasteiger partial charge in [0.15, 0.2) is 0 Å². The molecule has 2 rings (SSSR count). The van der Waals surface area contributed by atoms with Crippen molar-refractivity contribution in [2.24, 2.45) is 5.92 Å². The first-order valence-corrected chi connectivity index (χ1v) is 7.02. The molecule has 1 saturated heterocycles. The predicted molar refractivity (Wildman–Crippen MR) is 76.5 cm³/mol. The van der Waals surface area contributed by atoms with Crippen LogP contribution < -0.4 is 15.0 Å². The van der Waals surface area contributed by atoms with E-state index < -0.39 is 0 Å². The van der Waals surface area contributed by atoms with Gasteiger partial charge in [0.1, 0.15) is 5.75 Å². The summed E-state index contributed by atoms with van der Waals surface area (Å²) in [5.74, 6) is 1.76. The molecule has 1 atom stereocenters. The Morgan fingerprint density at radius 2 is 2.28 bits per heavy atom. The Hall–Kier alpha value is -1.22. The maximum absolute atomic E-state index is 5.56. The first-order chi connectivity index (χ1) is 8.83. The monoisotopic (exact) mass is 248 g/mol. The van der Waals surface area contributed by atoms with Crippen molar-refractivity contribution >= 4 is 5.69 Å². The van der Waals surface area contributed by atoms with E-state index in [0.29, 0.717) is 0 Å². The van der Waals surface area contributed by atoms with E-state index in [0.717, 1.165) is 44.5 Å². The molecular weight excluding hydrogens is 224 g/mol. The Kier molecular flexibility index (Phi) is 4.88. The minimum absolute atomic E-state index is 0.729. The molecule has 0 aromatic heterocycles. The highest BCUT2D eigenvalue weighted by molar-refractivity contribution is 5.51. The lowest BCUT2D eigenvalue weighted by atomic mass is 10.1. The van der Waals surface area contributed by atoms with E-state index in [1.807, 2.05) is 13.0 Å². The Labute approximate surface area is 110 Å². The number of ether oxygens (including phenoxy) is 1. The van der Waals surface area contributed by atoms with Gasteiger partial charge in [-0.3, -0.25) is 0 Å². The number of rotatable bonds is 6. The summed E-state index contributed by atoms with van der Waals surface area (Å²) < 4.78 is 5.56. The summed E-state index contributed by atoms with van der Waals surface area (Å²) in [6, 6.07) is 8.44. The predicted octanol–water partition coefficient (Wildman–Crippen LogP) is 2.52. The van der Waals surface area contributed by atoms with Crippen LogP contribution in [0.3, 0.4) is 0 Å². The minimum Gasteiger partial charge on any atom is -0.494 e. The summed E-state index contributed by atoms with van der Waals surface area (Å²) in [6.07, 6.45) is 1.28. The number of anilines is 1. The molecule has 0 bridgehead atoms. The fourth-order valence-corrected chi connectivity index (χ4v) is 2.52. The third-order valence-electron chi connectivity index (χ3n) is 3.46. The fraction of sp³-hybridized carbons (Fsp3) is 0.600. The van der Waals surface area contributed by atoms with Gasteiger partial charge < -0.3 is 15.0 Å². The standard InChI is InChI=1S/C15H24N2O/c1-3-16-11-13-8-9-17(12-13)14-6-5-7-15(10-14)18-4-2/h5-7,10,13,16H,3-4,8-9,11-12H2,1-2H3. The average molecular weight is 248 g/mol. The summed E-state index contributed by atoms with van der Waals surface area (Å²) >= 11 is 0. The first kappa shape index (κ1) is 13.2. The molecule has 0 spiro atoms. The number of hydrogen-bond acceptors (Lipinski definition) is 3. The van der Waals surface area contributed by atoms with Crippen LogP contribution in [0.1, 0.15) is 20.3 Å². The van der Waals surface area contributed by atoms with Crippen molar-refractivity contribution in [1.82, 2.24) is 5.32 Å². The van der Waals surface area contributed by atoms with Crippen molar-refractivity contribution in [3.8, 4) is 5.75 Å². The van der Waals surface area contributed by atoms with Crippen molar-refractivity contribution in [1.29, 1.82) is 0 Å². The normalized spacial score (nSPS) is 19.2. The van der Waals surface area contributed by atoms with Crippen LogP contribution in [0.25, 0.3) is 0 Å². The molecule has 1 aliphatic heterocycles.